The number of aromatic nitrogens is 3. The summed E-state index contributed by atoms with van der Waals surface area (Å²) in [7, 11) is 0. The minimum Gasteiger partial charge on any atom is -0.452 e. The highest BCUT2D eigenvalue weighted by Gasteiger charge is 2.24. The molecular formula is C50H28ClN3OS. The van der Waals surface area contributed by atoms with Crippen LogP contribution < -0.4 is 0 Å². The van der Waals surface area contributed by atoms with Crippen LogP contribution in [-0.2, 0) is 0 Å². The van der Waals surface area contributed by atoms with Crippen molar-refractivity contribution in [3.8, 4) is 39.2 Å². The quantitative estimate of drug-likeness (QED) is 0.168. The second-order valence-corrected chi connectivity index (χ2v) is 15.6. The number of furan rings is 1. The minimum absolute atomic E-state index is 0.176. The zero-order valence-electron chi connectivity index (χ0n) is 29.7. The maximum atomic E-state index is 6.73. The molecule has 0 aliphatic heterocycles. The molecule has 0 saturated heterocycles. The number of fused-ring (bicyclic) bond motifs is 13. The fraction of sp³-hybridized carbons (Fsp3) is 0. The summed E-state index contributed by atoms with van der Waals surface area (Å²) in [5.41, 5.74) is 11.5. The highest BCUT2D eigenvalue weighted by molar-refractivity contribution is 7.27. The lowest BCUT2D eigenvalue weighted by molar-refractivity contribution is 0.667. The molecule has 0 aliphatic carbocycles. The number of benzene rings is 8. The number of thiophene rings is 1. The third-order valence-electron chi connectivity index (χ3n) is 11.1. The van der Waals surface area contributed by atoms with E-state index in [-0.39, 0.29) is 5.28 Å². The molecule has 12 rings (SSSR count). The smallest absolute Gasteiger partial charge is 0.223 e. The van der Waals surface area contributed by atoms with E-state index < -0.39 is 0 Å². The number of para-hydroxylation sites is 2. The van der Waals surface area contributed by atoms with Gasteiger partial charge in [-0.3, -0.25) is 0 Å². The van der Waals surface area contributed by atoms with Crippen LogP contribution in [0.4, 0.5) is 0 Å². The van der Waals surface area contributed by atoms with E-state index in [0.717, 1.165) is 38.9 Å². The van der Waals surface area contributed by atoms with Crippen LogP contribution in [0.15, 0.2) is 174 Å². The van der Waals surface area contributed by atoms with Gasteiger partial charge in [-0.15, -0.1) is 11.3 Å². The van der Waals surface area contributed by atoms with Gasteiger partial charge in [0.05, 0.1) is 15.7 Å². The van der Waals surface area contributed by atoms with E-state index in [9.17, 15) is 0 Å². The minimum atomic E-state index is 0.176. The first-order chi connectivity index (χ1) is 27.7. The molecule has 4 aromatic heterocycles. The van der Waals surface area contributed by atoms with Crippen LogP contribution in [0.25, 0.3) is 114 Å². The number of halogens is 1. The van der Waals surface area contributed by atoms with Crippen LogP contribution in [0.1, 0.15) is 0 Å². The summed E-state index contributed by atoms with van der Waals surface area (Å²) in [5, 5.41) is 8.57. The third kappa shape index (κ3) is 4.65. The van der Waals surface area contributed by atoms with Gasteiger partial charge in [0, 0.05) is 42.9 Å². The Kier molecular flexibility index (Phi) is 6.82. The summed E-state index contributed by atoms with van der Waals surface area (Å²) in [6.45, 7) is 0. The summed E-state index contributed by atoms with van der Waals surface area (Å²) in [5.74, 6) is 0. The molecule has 4 nitrogen and oxygen atoms in total. The lowest BCUT2D eigenvalue weighted by atomic mass is 9.95. The van der Waals surface area contributed by atoms with Crippen molar-refractivity contribution in [3.05, 3.63) is 175 Å². The van der Waals surface area contributed by atoms with Crippen LogP contribution in [0.3, 0.4) is 0 Å². The van der Waals surface area contributed by atoms with Gasteiger partial charge in [-0.1, -0.05) is 121 Å². The number of rotatable bonds is 4. The van der Waals surface area contributed by atoms with Crippen molar-refractivity contribution >= 4 is 97.8 Å². The highest BCUT2D eigenvalue weighted by Crippen LogP contribution is 2.49. The molecule has 56 heavy (non-hydrogen) atoms. The van der Waals surface area contributed by atoms with Gasteiger partial charge in [-0.05, 0) is 93.2 Å². The average Bonchev–Trinajstić information content (AvgIpc) is 3.94. The molecule has 0 atom stereocenters. The molecule has 262 valence electrons. The molecule has 6 heteroatoms. The third-order valence-corrected chi connectivity index (χ3v) is 12.4. The molecule has 12 aromatic rings. The van der Waals surface area contributed by atoms with Crippen LogP contribution >= 0.6 is 22.9 Å². The lowest BCUT2D eigenvalue weighted by Crippen LogP contribution is -1.97. The normalized spacial score (nSPS) is 12.0. The van der Waals surface area contributed by atoms with Crippen molar-refractivity contribution in [1.82, 2.24) is 14.5 Å². The molecule has 0 unspecified atom stereocenters. The van der Waals surface area contributed by atoms with Crippen molar-refractivity contribution in [2.24, 2.45) is 0 Å². The van der Waals surface area contributed by atoms with Gasteiger partial charge in [0.25, 0.3) is 0 Å². The molecule has 0 N–H and O–H groups in total. The van der Waals surface area contributed by atoms with E-state index in [1.807, 2.05) is 35.6 Å². The molecule has 0 saturated carbocycles. The first-order valence-electron chi connectivity index (χ1n) is 18.6. The second-order valence-electron chi connectivity index (χ2n) is 14.3. The maximum Gasteiger partial charge on any atom is 0.223 e. The van der Waals surface area contributed by atoms with E-state index in [1.165, 1.54) is 58.4 Å². The highest BCUT2D eigenvalue weighted by atomic mass is 35.5. The Morgan fingerprint density at radius 1 is 0.500 bits per heavy atom. The second kappa shape index (κ2) is 12.1. The summed E-state index contributed by atoms with van der Waals surface area (Å²) in [6, 6.07) is 60.5. The Balaban J connectivity index is 1.25. The van der Waals surface area contributed by atoms with Crippen LogP contribution in [0.2, 0.25) is 5.28 Å². The Hall–Kier alpha value is -6.79. The Morgan fingerprint density at radius 3 is 2.00 bits per heavy atom. The van der Waals surface area contributed by atoms with Gasteiger partial charge in [0.2, 0.25) is 5.28 Å². The zero-order chi connectivity index (χ0) is 36.9. The van der Waals surface area contributed by atoms with E-state index in [4.69, 9.17) is 21.0 Å². The monoisotopic (exact) mass is 753 g/mol. The summed E-state index contributed by atoms with van der Waals surface area (Å²) in [6.07, 6.45) is 0. The van der Waals surface area contributed by atoms with Crippen molar-refractivity contribution in [2.75, 3.05) is 0 Å². The van der Waals surface area contributed by atoms with Gasteiger partial charge in [0.1, 0.15) is 16.8 Å². The number of hydrogen-bond donors (Lipinski definition) is 0. The van der Waals surface area contributed by atoms with Gasteiger partial charge >= 0.3 is 0 Å². The molecular weight excluding hydrogens is 726 g/mol. The predicted molar refractivity (Wildman–Crippen MR) is 235 cm³/mol. The molecule has 8 aromatic carbocycles. The van der Waals surface area contributed by atoms with Crippen LogP contribution in [0.5, 0.6) is 0 Å². The molecule has 0 aliphatic rings. The van der Waals surface area contributed by atoms with E-state index >= 15 is 0 Å². The summed E-state index contributed by atoms with van der Waals surface area (Å²) >= 11 is 8.60. The molecule has 0 radical (unpaired) electrons. The number of nitrogens with zero attached hydrogens (tertiary/aromatic N) is 3. The van der Waals surface area contributed by atoms with E-state index in [1.54, 1.807) is 0 Å². The van der Waals surface area contributed by atoms with Gasteiger partial charge in [-0.2, -0.15) is 0 Å². The Bertz CT molecular complexity index is 3550. The lowest BCUT2D eigenvalue weighted by Gasteiger charge is -2.15. The fourth-order valence-corrected chi connectivity index (χ4v) is 10.1. The molecule has 0 bridgehead atoms. The van der Waals surface area contributed by atoms with Gasteiger partial charge in [-0.25, -0.2) is 9.97 Å². The zero-order valence-corrected chi connectivity index (χ0v) is 31.3. The predicted octanol–water partition coefficient (Wildman–Crippen LogP) is 14.6. The summed E-state index contributed by atoms with van der Waals surface area (Å²) < 4.78 is 11.5. The Morgan fingerprint density at radius 2 is 1.18 bits per heavy atom. The fourth-order valence-electron chi connectivity index (χ4n) is 8.69. The maximum absolute atomic E-state index is 6.73. The van der Waals surface area contributed by atoms with Gasteiger partial charge < -0.3 is 8.98 Å². The molecule has 0 fully saturated rings. The molecule has 0 spiro atoms. The standard InChI is InChI=1S/C50H28ClN3OS/c51-50-52-45(48-46(53-50)37-18-8-11-21-41(37)55-48)33-25-32(30-15-5-2-6-16-30)26-34(27-33)54-40-20-10-7-17-36(40)43-39-28-31(29-13-3-1-4-14-29)23-24-35(39)44-38-19-9-12-22-42(38)56-49(44)47(43)54/h1-28H. The Labute approximate surface area is 329 Å². The van der Waals surface area contributed by atoms with Gasteiger partial charge in [0.15, 0.2) is 5.58 Å². The molecule has 4 heterocycles. The summed E-state index contributed by atoms with van der Waals surface area (Å²) in [4.78, 5) is 9.51. The number of hydrogen-bond acceptors (Lipinski definition) is 4. The molecule has 0 amide bonds. The topological polar surface area (TPSA) is 43.9 Å². The van der Waals surface area contributed by atoms with Crippen molar-refractivity contribution in [3.63, 3.8) is 0 Å². The van der Waals surface area contributed by atoms with Crippen molar-refractivity contribution < 1.29 is 4.42 Å². The first-order valence-corrected chi connectivity index (χ1v) is 19.8. The largest absolute Gasteiger partial charge is 0.452 e. The van der Waals surface area contributed by atoms with Crippen LogP contribution in [0, 0.1) is 0 Å². The average molecular weight is 754 g/mol. The van der Waals surface area contributed by atoms with Crippen LogP contribution in [-0.4, -0.2) is 14.5 Å². The van der Waals surface area contributed by atoms with E-state index in [2.05, 4.69) is 155 Å². The van der Waals surface area contributed by atoms with Crippen molar-refractivity contribution in [1.29, 1.82) is 0 Å². The van der Waals surface area contributed by atoms with Crippen molar-refractivity contribution in [2.45, 2.75) is 0 Å². The SMILES string of the molecule is Clc1nc(-c2cc(-c3ccccc3)cc(-n3c4ccccc4c4c5cc(-c6ccccc6)ccc5c5c6ccccc6sc5c43)c2)c2oc3ccccc3c2n1. The van der Waals surface area contributed by atoms with E-state index in [0.29, 0.717) is 16.8 Å². The first kappa shape index (κ1) is 31.5.